The van der Waals surface area contributed by atoms with Gasteiger partial charge in [0.05, 0.1) is 23.8 Å². The first-order chi connectivity index (χ1) is 18.8. The quantitative estimate of drug-likeness (QED) is 0.274. The number of aryl methyl sites for hydroxylation is 1. The second kappa shape index (κ2) is 10.8. The van der Waals surface area contributed by atoms with E-state index in [-0.39, 0.29) is 6.17 Å². The Kier molecular flexibility index (Phi) is 7.28. The number of nitrogens with zero attached hydrogens (tertiary/aromatic N) is 8. The van der Waals surface area contributed by atoms with Crippen molar-refractivity contribution in [2.45, 2.75) is 45.7 Å². The van der Waals surface area contributed by atoms with E-state index in [1.807, 2.05) is 60.4 Å². The van der Waals surface area contributed by atoms with Crippen LogP contribution in [0.5, 0.6) is 0 Å². The number of anilines is 2. The molecule has 1 unspecified atom stereocenters. The summed E-state index contributed by atoms with van der Waals surface area (Å²) in [6.07, 6.45) is 3.87. The number of hydrogen-bond donors (Lipinski definition) is 0. The Morgan fingerprint density at radius 1 is 0.641 bits per heavy atom. The Morgan fingerprint density at radius 2 is 1.21 bits per heavy atom. The van der Waals surface area contributed by atoms with Crippen molar-refractivity contribution in [3.05, 3.63) is 90.0 Å². The van der Waals surface area contributed by atoms with Crippen molar-refractivity contribution >= 4 is 22.9 Å². The third-order valence-corrected chi connectivity index (χ3v) is 7.07. The lowest BCUT2D eigenvalue weighted by Gasteiger charge is -2.27. The van der Waals surface area contributed by atoms with Crippen LogP contribution in [0, 0.1) is 0 Å². The average molecular weight is 521 g/mol. The molecule has 8 heteroatoms. The Hall–Kier alpha value is -4.33. The molecule has 2 aromatic carbocycles. The molecule has 0 radical (unpaired) electrons. The maximum atomic E-state index is 4.78. The topological polar surface area (TPSA) is 75.9 Å². The maximum absolute atomic E-state index is 4.78. The number of aromatic nitrogens is 6. The summed E-state index contributed by atoms with van der Waals surface area (Å²) < 4.78 is 2.00. The lowest BCUT2D eigenvalue weighted by atomic mass is 10.1. The molecule has 1 atom stereocenters. The summed E-state index contributed by atoms with van der Waals surface area (Å²) in [7, 11) is 6.14. The highest BCUT2D eigenvalue weighted by Gasteiger charge is 2.35. The van der Waals surface area contributed by atoms with Crippen molar-refractivity contribution in [1.82, 2.24) is 29.5 Å². The predicted octanol–water partition coefficient (Wildman–Crippen LogP) is 6.34. The van der Waals surface area contributed by atoms with E-state index in [0.717, 1.165) is 40.1 Å². The molecule has 5 aromatic rings. The van der Waals surface area contributed by atoms with Crippen molar-refractivity contribution in [2.24, 2.45) is 7.05 Å². The molecule has 0 fully saturated rings. The van der Waals surface area contributed by atoms with Crippen LogP contribution >= 0.6 is 0 Å². The molecule has 0 N–H and O–H groups in total. The molecule has 3 aromatic heterocycles. The van der Waals surface area contributed by atoms with Gasteiger partial charge >= 0.3 is 0 Å². The molecule has 4 heterocycles. The largest absolute Gasteiger partial charge is 0.332 e. The van der Waals surface area contributed by atoms with Crippen LogP contribution in [0.4, 0.5) is 11.6 Å². The summed E-state index contributed by atoms with van der Waals surface area (Å²) in [6.45, 7) is 8.52. The molecule has 1 aliphatic heterocycles. The first-order valence-electron chi connectivity index (χ1n) is 13.4. The van der Waals surface area contributed by atoms with Crippen LogP contribution in [0.2, 0.25) is 0 Å². The molecule has 1 aliphatic rings. The molecule has 0 saturated heterocycles. The SMILES string of the molecule is CC(C)c1cnc2c(n1)N(C)C(c1ccccc1)N2C.CC(C)c1cnc2nc(-c3ccccc3)n(C)c2n1. The van der Waals surface area contributed by atoms with Crippen LogP contribution in [0.3, 0.4) is 0 Å². The normalized spacial score (nSPS) is 14.6. The Balaban J connectivity index is 0.000000158. The fourth-order valence-corrected chi connectivity index (χ4v) is 4.80. The molecule has 8 nitrogen and oxygen atoms in total. The van der Waals surface area contributed by atoms with Gasteiger partial charge in [0.15, 0.2) is 22.9 Å². The van der Waals surface area contributed by atoms with Crippen LogP contribution in [-0.4, -0.2) is 43.6 Å². The number of fused-ring (bicyclic) bond motifs is 2. The van der Waals surface area contributed by atoms with Crippen molar-refractivity contribution in [3.63, 3.8) is 0 Å². The highest BCUT2D eigenvalue weighted by molar-refractivity contribution is 5.73. The summed E-state index contributed by atoms with van der Waals surface area (Å²) in [5, 5.41) is 0. The zero-order valence-electron chi connectivity index (χ0n) is 23.7. The van der Waals surface area contributed by atoms with Gasteiger partial charge in [-0.15, -0.1) is 0 Å². The number of rotatable bonds is 4. The lowest BCUT2D eigenvalue weighted by Crippen LogP contribution is -2.30. The zero-order valence-corrected chi connectivity index (χ0v) is 23.7. The summed E-state index contributed by atoms with van der Waals surface area (Å²) in [5.74, 6) is 3.57. The fourth-order valence-electron chi connectivity index (χ4n) is 4.80. The van der Waals surface area contributed by atoms with Gasteiger partial charge in [0.25, 0.3) is 0 Å². The minimum Gasteiger partial charge on any atom is -0.332 e. The highest BCUT2D eigenvalue weighted by atomic mass is 15.4. The Morgan fingerprint density at radius 3 is 1.85 bits per heavy atom. The third kappa shape index (κ3) is 5.06. The molecular formula is C31H36N8. The zero-order chi connectivity index (χ0) is 27.7. The van der Waals surface area contributed by atoms with Crippen LogP contribution in [0.1, 0.15) is 62.6 Å². The summed E-state index contributed by atoms with van der Waals surface area (Å²) >= 11 is 0. The first kappa shape index (κ1) is 26.3. The van der Waals surface area contributed by atoms with Gasteiger partial charge in [-0.1, -0.05) is 88.4 Å². The number of imidazole rings is 1. The van der Waals surface area contributed by atoms with E-state index >= 15 is 0 Å². The molecule has 0 bridgehead atoms. The minimum absolute atomic E-state index is 0.161. The standard InChI is InChI=1S/C16H20N4.C15H16N4/c1-11(2)13-10-17-14-15(18-13)20(4)16(19(14)3)12-8-6-5-7-9-12;1-10(2)12-9-16-13-15(17-12)19(3)14(18-13)11-7-5-4-6-8-11/h5-11,16H,1-4H3;4-10H,1-3H3. The van der Waals surface area contributed by atoms with E-state index < -0.39 is 0 Å². The smallest absolute Gasteiger partial charge is 0.198 e. The monoisotopic (exact) mass is 520 g/mol. The van der Waals surface area contributed by atoms with E-state index in [1.54, 1.807) is 0 Å². The number of hydrogen-bond acceptors (Lipinski definition) is 7. The second-order valence-electron chi connectivity index (χ2n) is 10.6. The van der Waals surface area contributed by atoms with Gasteiger partial charge in [-0.2, -0.15) is 0 Å². The van der Waals surface area contributed by atoms with Gasteiger partial charge in [-0.3, -0.25) is 0 Å². The maximum Gasteiger partial charge on any atom is 0.198 e. The molecular weight excluding hydrogens is 484 g/mol. The molecule has 0 spiro atoms. The van der Waals surface area contributed by atoms with E-state index in [0.29, 0.717) is 17.5 Å². The van der Waals surface area contributed by atoms with E-state index in [2.05, 4.69) is 95.8 Å². The lowest BCUT2D eigenvalue weighted by molar-refractivity contribution is 0.687. The second-order valence-corrected chi connectivity index (χ2v) is 10.6. The van der Waals surface area contributed by atoms with Gasteiger partial charge in [0.2, 0.25) is 0 Å². The van der Waals surface area contributed by atoms with Crippen molar-refractivity contribution in [3.8, 4) is 11.4 Å². The van der Waals surface area contributed by atoms with Gasteiger partial charge < -0.3 is 14.4 Å². The molecule has 6 rings (SSSR count). The molecule has 200 valence electrons. The molecule has 0 saturated carbocycles. The van der Waals surface area contributed by atoms with Crippen LogP contribution in [-0.2, 0) is 7.05 Å². The van der Waals surface area contributed by atoms with Gasteiger partial charge in [-0.05, 0) is 17.4 Å². The summed E-state index contributed by atoms with van der Waals surface area (Å²) in [6, 6.07) is 20.6. The van der Waals surface area contributed by atoms with Gasteiger partial charge in [0, 0.05) is 26.7 Å². The molecule has 0 amide bonds. The van der Waals surface area contributed by atoms with Crippen LogP contribution in [0.25, 0.3) is 22.7 Å². The Bertz CT molecular complexity index is 1560. The number of benzene rings is 2. The van der Waals surface area contributed by atoms with E-state index in [4.69, 9.17) is 4.98 Å². The van der Waals surface area contributed by atoms with Crippen molar-refractivity contribution in [2.75, 3.05) is 23.9 Å². The fraction of sp³-hybridized carbons (Fsp3) is 0.323. The average Bonchev–Trinajstić information content (AvgIpc) is 3.42. The summed E-state index contributed by atoms with van der Waals surface area (Å²) in [4.78, 5) is 27.4. The summed E-state index contributed by atoms with van der Waals surface area (Å²) in [5.41, 5.74) is 5.91. The predicted molar refractivity (Wildman–Crippen MR) is 158 cm³/mol. The molecule has 39 heavy (non-hydrogen) atoms. The third-order valence-electron chi connectivity index (χ3n) is 7.07. The van der Waals surface area contributed by atoms with Gasteiger partial charge in [0.1, 0.15) is 12.0 Å². The van der Waals surface area contributed by atoms with Gasteiger partial charge in [-0.25, -0.2) is 24.9 Å². The van der Waals surface area contributed by atoms with Crippen molar-refractivity contribution < 1.29 is 0 Å². The van der Waals surface area contributed by atoms with Crippen LogP contribution in [0.15, 0.2) is 73.1 Å². The van der Waals surface area contributed by atoms with E-state index in [1.165, 1.54) is 5.56 Å². The van der Waals surface area contributed by atoms with Crippen molar-refractivity contribution in [1.29, 1.82) is 0 Å². The Labute approximate surface area is 230 Å². The molecule has 0 aliphatic carbocycles. The van der Waals surface area contributed by atoms with Crippen LogP contribution < -0.4 is 9.80 Å². The van der Waals surface area contributed by atoms with E-state index in [9.17, 15) is 0 Å². The minimum atomic E-state index is 0.161. The first-order valence-corrected chi connectivity index (χ1v) is 13.4. The highest BCUT2D eigenvalue weighted by Crippen LogP contribution is 2.41.